The number of hydrogen-bond donors (Lipinski definition) is 0. The van der Waals surface area contributed by atoms with Crippen LogP contribution in [-0.2, 0) is 16.6 Å². The van der Waals surface area contributed by atoms with Crippen molar-refractivity contribution >= 4 is 21.6 Å². The predicted octanol–water partition coefficient (Wildman–Crippen LogP) is 3.22. The Labute approximate surface area is 196 Å². The van der Waals surface area contributed by atoms with Crippen LogP contribution in [0.1, 0.15) is 35.7 Å². The van der Waals surface area contributed by atoms with E-state index in [-0.39, 0.29) is 10.8 Å². The maximum atomic E-state index is 13.7. The minimum Gasteiger partial charge on any atom is -0.493 e. The van der Waals surface area contributed by atoms with Gasteiger partial charge in [-0.25, -0.2) is 12.7 Å². The summed E-state index contributed by atoms with van der Waals surface area (Å²) in [5.41, 5.74) is 2.07. The Hall–Kier alpha value is -2.78. The average Bonchev–Trinajstić information content (AvgIpc) is 3.36. The summed E-state index contributed by atoms with van der Waals surface area (Å²) in [5, 5.41) is 0. The lowest BCUT2D eigenvalue weighted by atomic mass is 10.1. The number of ether oxygens (including phenoxy) is 2. The Morgan fingerprint density at radius 3 is 2.24 bits per heavy atom. The molecule has 0 radical (unpaired) electrons. The van der Waals surface area contributed by atoms with Crippen LogP contribution in [0.25, 0.3) is 0 Å². The molecule has 0 saturated carbocycles. The van der Waals surface area contributed by atoms with Crippen molar-refractivity contribution < 1.29 is 22.7 Å². The molecule has 0 aromatic heterocycles. The number of hydrogen-bond acceptors (Lipinski definition) is 6. The molecule has 2 aromatic carbocycles. The maximum absolute atomic E-state index is 13.7. The third-order valence-corrected chi connectivity index (χ3v) is 7.73. The van der Waals surface area contributed by atoms with Crippen molar-refractivity contribution in [3.05, 3.63) is 47.5 Å². The smallest absolute Gasteiger partial charge is 0.256 e. The van der Waals surface area contributed by atoms with Crippen molar-refractivity contribution in [1.29, 1.82) is 0 Å². The molecule has 0 unspecified atom stereocenters. The molecule has 1 aliphatic rings. The van der Waals surface area contributed by atoms with Gasteiger partial charge in [0.15, 0.2) is 11.5 Å². The first-order valence-electron chi connectivity index (χ1n) is 11.0. The van der Waals surface area contributed by atoms with Crippen LogP contribution in [0.3, 0.4) is 0 Å². The van der Waals surface area contributed by atoms with Crippen molar-refractivity contribution in [3.63, 3.8) is 0 Å². The van der Waals surface area contributed by atoms with Crippen LogP contribution >= 0.6 is 0 Å². The summed E-state index contributed by atoms with van der Waals surface area (Å²) in [6, 6.07) is 10.4. The van der Waals surface area contributed by atoms with E-state index in [1.165, 1.54) is 20.2 Å². The number of rotatable bonds is 9. The molecule has 0 bridgehead atoms. The van der Waals surface area contributed by atoms with Crippen molar-refractivity contribution in [2.24, 2.45) is 0 Å². The second-order valence-corrected chi connectivity index (χ2v) is 10.3. The first-order chi connectivity index (χ1) is 15.7. The van der Waals surface area contributed by atoms with Gasteiger partial charge in [0, 0.05) is 46.0 Å². The SMILES string of the molecule is CCN(Cc1ccc(OC)c(OC)c1)C(=O)c1cc(S(=O)(=O)N(C)C)ccc1N1CCCC1. The summed E-state index contributed by atoms with van der Waals surface area (Å²) in [7, 11) is 2.46. The molecule has 1 saturated heterocycles. The average molecular weight is 476 g/mol. The van der Waals surface area contributed by atoms with Gasteiger partial charge in [-0.3, -0.25) is 4.79 Å². The minimum atomic E-state index is -3.67. The van der Waals surface area contributed by atoms with Crippen LogP contribution in [0.2, 0.25) is 0 Å². The van der Waals surface area contributed by atoms with E-state index in [4.69, 9.17) is 9.47 Å². The van der Waals surface area contributed by atoms with E-state index in [0.717, 1.165) is 41.5 Å². The molecule has 33 heavy (non-hydrogen) atoms. The van der Waals surface area contributed by atoms with Crippen LogP contribution in [0.5, 0.6) is 11.5 Å². The van der Waals surface area contributed by atoms with E-state index in [9.17, 15) is 13.2 Å². The van der Waals surface area contributed by atoms with Crippen LogP contribution in [0.15, 0.2) is 41.3 Å². The second kappa shape index (κ2) is 10.4. The van der Waals surface area contributed by atoms with Gasteiger partial charge in [0.2, 0.25) is 10.0 Å². The quantitative estimate of drug-likeness (QED) is 0.554. The lowest BCUT2D eigenvalue weighted by Crippen LogP contribution is -2.33. The van der Waals surface area contributed by atoms with Gasteiger partial charge in [-0.2, -0.15) is 0 Å². The summed E-state index contributed by atoms with van der Waals surface area (Å²) in [5.74, 6) is 1.01. The lowest BCUT2D eigenvalue weighted by molar-refractivity contribution is 0.0753. The Morgan fingerprint density at radius 2 is 1.67 bits per heavy atom. The van der Waals surface area contributed by atoms with E-state index in [0.29, 0.717) is 30.2 Å². The summed E-state index contributed by atoms with van der Waals surface area (Å²) >= 11 is 0. The highest BCUT2D eigenvalue weighted by atomic mass is 32.2. The second-order valence-electron chi connectivity index (χ2n) is 8.17. The predicted molar refractivity (Wildman–Crippen MR) is 129 cm³/mol. The van der Waals surface area contributed by atoms with Crippen LogP contribution in [-0.4, -0.2) is 71.5 Å². The van der Waals surface area contributed by atoms with Gasteiger partial charge in [0.1, 0.15) is 0 Å². The van der Waals surface area contributed by atoms with E-state index in [1.807, 2.05) is 25.1 Å². The molecule has 9 heteroatoms. The van der Waals surface area contributed by atoms with E-state index in [2.05, 4.69) is 4.90 Å². The van der Waals surface area contributed by atoms with Crippen LogP contribution in [0, 0.1) is 0 Å². The summed E-state index contributed by atoms with van der Waals surface area (Å²) < 4.78 is 37.4. The molecule has 1 aliphatic heterocycles. The molecule has 0 aliphatic carbocycles. The zero-order valence-electron chi connectivity index (χ0n) is 20.0. The number of anilines is 1. The molecule has 1 fully saturated rings. The standard InChI is InChI=1S/C24H33N3O5S/c1-6-26(17-18-9-12-22(31-4)23(15-18)32-5)24(28)20-16-19(33(29,30)25(2)3)10-11-21(20)27-13-7-8-14-27/h9-12,15-16H,6-8,13-14,17H2,1-5H3. The van der Waals surface area contributed by atoms with E-state index < -0.39 is 10.0 Å². The van der Waals surface area contributed by atoms with Crippen molar-refractivity contribution in [2.75, 3.05) is 52.8 Å². The number of carbonyl (C=O) groups is 1. The van der Waals surface area contributed by atoms with Gasteiger partial charge in [-0.05, 0) is 55.7 Å². The molecule has 1 amide bonds. The fraction of sp³-hybridized carbons (Fsp3) is 0.458. The zero-order chi connectivity index (χ0) is 24.2. The van der Waals surface area contributed by atoms with Gasteiger partial charge in [0.05, 0.1) is 24.7 Å². The molecular weight excluding hydrogens is 442 g/mol. The van der Waals surface area contributed by atoms with Crippen LogP contribution < -0.4 is 14.4 Å². The molecule has 2 aromatic rings. The number of benzene rings is 2. The molecule has 0 atom stereocenters. The molecular formula is C24H33N3O5S. The van der Waals surface area contributed by atoms with Crippen molar-refractivity contribution in [3.8, 4) is 11.5 Å². The van der Waals surface area contributed by atoms with Crippen molar-refractivity contribution in [2.45, 2.75) is 31.2 Å². The van der Waals surface area contributed by atoms with E-state index in [1.54, 1.807) is 31.3 Å². The number of carbonyl (C=O) groups excluding carboxylic acids is 1. The Bertz CT molecular complexity index is 1100. The summed E-state index contributed by atoms with van der Waals surface area (Å²) in [4.78, 5) is 17.7. The number of methoxy groups -OCH3 is 2. The topological polar surface area (TPSA) is 79.4 Å². The number of nitrogens with zero attached hydrogens (tertiary/aromatic N) is 3. The fourth-order valence-corrected chi connectivity index (χ4v) is 4.92. The van der Waals surface area contributed by atoms with Gasteiger partial charge < -0.3 is 19.3 Å². The van der Waals surface area contributed by atoms with Crippen molar-refractivity contribution in [1.82, 2.24) is 9.21 Å². The normalized spacial score (nSPS) is 13.9. The van der Waals surface area contributed by atoms with E-state index >= 15 is 0 Å². The fourth-order valence-electron chi connectivity index (χ4n) is 3.99. The Kier molecular flexibility index (Phi) is 7.86. The lowest BCUT2D eigenvalue weighted by Gasteiger charge is -2.27. The minimum absolute atomic E-state index is 0.112. The number of sulfonamides is 1. The van der Waals surface area contributed by atoms with Gasteiger partial charge >= 0.3 is 0 Å². The summed E-state index contributed by atoms with van der Waals surface area (Å²) in [6.07, 6.45) is 2.10. The monoisotopic (exact) mass is 475 g/mol. The largest absolute Gasteiger partial charge is 0.493 e. The number of amides is 1. The Morgan fingerprint density at radius 1 is 1.00 bits per heavy atom. The molecule has 8 nitrogen and oxygen atoms in total. The Balaban J connectivity index is 2.00. The molecule has 0 N–H and O–H groups in total. The molecule has 3 rings (SSSR count). The maximum Gasteiger partial charge on any atom is 0.256 e. The summed E-state index contributed by atoms with van der Waals surface area (Å²) in [6.45, 7) is 4.44. The van der Waals surface area contributed by atoms with Gasteiger partial charge in [-0.15, -0.1) is 0 Å². The first-order valence-corrected chi connectivity index (χ1v) is 12.5. The van der Waals surface area contributed by atoms with Gasteiger partial charge in [-0.1, -0.05) is 6.07 Å². The molecule has 0 spiro atoms. The third-order valence-electron chi connectivity index (χ3n) is 5.91. The van der Waals surface area contributed by atoms with Crippen LogP contribution in [0.4, 0.5) is 5.69 Å². The molecule has 180 valence electrons. The zero-order valence-corrected chi connectivity index (χ0v) is 20.8. The van der Waals surface area contributed by atoms with Gasteiger partial charge in [0.25, 0.3) is 5.91 Å². The highest BCUT2D eigenvalue weighted by Crippen LogP contribution is 2.31. The first kappa shape index (κ1) is 24.9. The third kappa shape index (κ3) is 5.25. The molecule has 1 heterocycles. The highest BCUT2D eigenvalue weighted by Gasteiger charge is 2.27. The highest BCUT2D eigenvalue weighted by molar-refractivity contribution is 7.89.